The zero-order valence-corrected chi connectivity index (χ0v) is 11.9. The number of hydrazine groups is 1. The Kier molecular flexibility index (Phi) is 4.53. The van der Waals surface area contributed by atoms with Gasteiger partial charge >= 0.3 is 0 Å². The average Bonchev–Trinajstić information content (AvgIpc) is 2.38. The second-order valence-electron chi connectivity index (χ2n) is 4.71. The number of pyridine rings is 1. The lowest BCUT2D eigenvalue weighted by Gasteiger charge is -2.19. The lowest BCUT2D eigenvalue weighted by atomic mass is 9.94. The van der Waals surface area contributed by atoms with E-state index < -0.39 is 0 Å². The third kappa shape index (κ3) is 3.32. The van der Waals surface area contributed by atoms with Crippen LogP contribution < -0.4 is 11.3 Å². The van der Waals surface area contributed by atoms with E-state index in [1.54, 1.807) is 6.20 Å². The third-order valence-corrected chi connectivity index (χ3v) is 3.61. The van der Waals surface area contributed by atoms with Crippen molar-refractivity contribution in [3.05, 3.63) is 63.9 Å². The first kappa shape index (κ1) is 14.0. The van der Waals surface area contributed by atoms with Crippen molar-refractivity contribution in [2.24, 2.45) is 5.84 Å². The summed E-state index contributed by atoms with van der Waals surface area (Å²) in [5, 5.41) is 0.485. The molecule has 0 bridgehead atoms. The van der Waals surface area contributed by atoms with Crippen LogP contribution in [0.5, 0.6) is 0 Å². The van der Waals surface area contributed by atoms with E-state index in [4.69, 9.17) is 17.4 Å². The maximum atomic E-state index is 5.93. The highest BCUT2D eigenvalue weighted by molar-refractivity contribution is 6.29. The molecule has 4 heteroatoms. The van der Waals surface area contributed by atoms with Crippen LogP contribution in [0, 0.1) is 13.8 Å². The van der Waals surface area contributed by atoms with E-state index in [-0.39, 0.29) is 6.04 Å². The molecule has 2 aromatic rings. The van der Waals surface area contributed by atoms with Gasteiger partial charge in [-0.15, -0.1) is 0 Å². The Hall–Kier alpha value is -1.42. The van der Waals surface area contributed by atoms with E-state index in [1.165, 1.54) is 16.7 Å². The van der Waals surface area contributed by atoms with Crippen LogP contribution >= 0.6 is 11.6 Å². The van der Waals surface area contributed by atoms with Crippen molar-refractivity contribution in [1.82, 2.24) is 10.4 Å². The van der Waals surface area contributed by atoms with Crippen LogP contribution in [-0.4, -0.2) is 4.98 Å². The van der Waals surface area contributed by atoms with Crippen molar-refractivity contribution in [2.45, 2.75) is 26.3 Å². The van der Waals surface area contributed by atoms with E-state index >= 15 is 0 Å². The Morgan fingerprint density at radius 1 is 1.26 bits per heavy atom. The van der Waals surface area contributed by atoms with Gasteiger partial charge in [0.2, 0.25) is 0 Å². The van der Waals surface area contributed by atoms with Crippen LogP contribution in [0.4, 0.5) is 0 Å². The van der Waals surface area contributed by atoms with Crippen LogP contribution in [0.3, 0.4) is 0 Å². The highest BCUT2D eigenvalue weighted by Crippen LogP contribution is 2.23. The monoisotopic (exact) mass is 275 g/mol. The SMILES string of the molecule is Cc1cccc(C)c1CC(NN)c1ccnc(Cl)c1. The molecular weight excluding hydrogens is 258 g/mol. The molecule has 0 aliphatic carbocycles. The molecule has 0 fully saturated rings. The molecular formula is C15H18ClN3. The van der Waals surface area contributed by atoms with Crippen LogP contribution in [0.15, 0.2) is 36.5 Å². The molecule has 19 heavy (non-hydrogen) atoms. The molecule has 0 saturated carbocycles. The Morgan fingerprint density at radius 2 is 1.95 bits per heavy atom. The minimum atomic E-state index is 0.0281. The Balaban J connectivity index is 2.29. The second kappa shape index (κ2) is 6.15. The smallest absolute Gasteiger partial charge is 0.129 e. The number of nitrogens with zero attached hydrogens (tertiary/aromatic N) is 1. The normalized spacial score (nSPS) is 12.4. The second-order valence-corrected chi connectivity index (χ2v) is 5.09. The quantitative estimate of drug-likeness (QED) is 0.512. The standard InChI is InChI=1S/C15H18ClN3/c1-10-4-3-5-11(2)13(10)9-14(19-17)12-6-7-18-15(16)8-12/h3-8,14,19H,9,17H2,1-2H3. The molecule has 2 rings (SSSR count). The number of benzene rings is 1. The molecule has 3 nitrogen and oxygen atoms in total. The van der Waals surface area contributed by atoms with Gasteiger partial charge in [0.1, 0.15) is 5.15 Å². The number of rotatable bonds is 4. The molecule has 0 saturated heterocycles. The fourth-order valence-electron chi connectivity index (χ4n) is 2.28. The zero-order valence-electron chi connectivity index (χ0n) is 11.2. The molecule has 3 N–H and O–H groups in total. The fraction of sp³-hybridized carbons (Fsp3) is 0.267. The van der Waals surface area contributed by atoms with Gasteiger partial charge < -0.3 is 0 Å². The first-order chi connectivity index (χ1) is 9.11. The lowest BCUT2D eigenvalue weighted by Crippen LogP contribution is -2.30. The first-order valence-electron chi connectivity index (χ1n) is 6.24. The average molecular weight is 276 g/mol. The zero-order chi connectivity index (χ0) is 13.8. The summed E-state index contributed by atoms with van der Waals surface area (Å²) in [7, 11) is 0. The summed E-state index contributed by atoms with van der Waals surface area (Å²) in [6.45, 7) is 4.24. The minimum Gasteiger partial charge on any atom is -0.271 e. The molecule has 0 spiro atoms. The van der Waals surface area contributed by atoms with E-state index in [9.17, 15) is 0 Å². The van der Waals surface area contributed by atoms with Crippen molar-refractivity contribution in [2.75, 3.05) is 0 Å². The molecule has 1 unspecified atom stereocenters. The number of hydrogen-bond donors (Lipinski definition) is 2. The predicted molar refractivity (Wildman–Crippen MR) is 78.9 cm³/mol. The Bertz CT molecular complexity index is 549. The number of aromatic nitrogens is 1. The van der Waals surface area contributed by atoms with Crippen molar-refractivity contribution in [3.63, 3.8) is 0 Å². The summed E-state index contributed by atoms with van der Waals surface area (Å²) in [6.07, 6.45) is 2.53. The highest BCUT2D eigenvalue weighted by Gasteiger charge is 2.14. The van der Waals surface area contributed by atoms with Crippen molar-refractivity contribution in [1.29, 1.82) is 0 Å². The molecule has 1 atom stereocenters. The summed E-state index contributed by atoms with van der Waals surface area (Å²) in [5.41, 5.74) is 7.78. The van der Waals surface area contributed by atoms with Crippen molar-refractivity contribution >= 4 is 11.6 Å². The number of nitrogens with two attached hydrogens (primary N) is 1. The summed E-state index contributed by atoms with van der Waals surface area (Å²) < 4.78 is 0. The molecule has 1 aromatic carbocycles. The van der Waals surface area contributed by atoms with Gasteiger partial charge in [0.05, 0.1) is 6.04 Å². The van der Waals surface area contributed by atoms with E-state index in [1.807, 2.05) is 12.1 Å². The van der Waals surface area contributed by atoms with Gasteiger partial charge in [-0.25, -0.2) is 4.98 Å². The molecule has 0 aliphatic heterocycles. The number of aryl methyl sites for hydroxylation is 2. The molecule has 0 radical (unpaired) electrons. The first-order valence-corrected chi connectivity index (χ1v) is 6.62. The van der Waals surface area contributed by atoms with Gasteiger partial charge in [-0.2, -0.15) is 0 Å². The number of halogens is 1. The third-order valence-electron chi connectivity index (χ3n) is 3.41. The molecule has 1 heterocycles. The molecule has 0 amide bonds. The molecule has 0 aliphatic rings. The van der Waals surface area contributed by atoms with Crippen LogP contribution in [0.2, 0.25) is 5.15 Å². The lowest BCUT2D eigenvalue weighted by molar-refractivity contribution is 0.549. The number of nitrogens with one attached hydrogen (secondary N) is 1. The van der Waals surface area contributed by atoms with Gasteiger partial charge in [0, 0.05) is 6.20 Å². The van der Waals surface area contributed by atoms with Gasteiger partial charge in [-0.1, -0.05) is 29.8 Å². The van der Waals surface area contributed by atoms with Gasteiger partial charge in [0.25, 0.3) is 0 Å². The van der Waals surface area contributed by atoms with Gasteiger partial charge in [-0.3, -0.25) is 11.3 Å². The summed E-state index contributed by atoms with van der Waals surface area (Å²) in [6, 6.07) is 10.1. The van der Waals surface area contributed by atoms with Gasteiger partial charge in [-0.05, 0) is 54.7 Å². The fourth-order valence-corrected chi connectivity index (χ4v) is 2.46. The maximum absolute atomic E-state index is 5.93. The Labute approximate surface area is 118 Å². The van der Waals surface area contributed by atoms with E-state index in [2.05, 4.69) is 42.5 Å². The highest BCUT2D eigenvalue weighted by atomic mass is 35.5. The maximum Gasteiger partial charge on any atom is 0.129 e. The van der Waals surface area contributed by atoms with Gasteiger partial charge in [0.15, 0.2) is 0 Å². The summed E-state index contributed by atoms with van der Waals surface area (Å²) >= 11 is 5.93. The molecule has 1 aromatic heterocycles. The largest absolute Gasteiger partial charge is 0.271 e. The van der Waals surface area contributed by atoms with E-state index in [0.717, 1.165) is 12.0 Å². The molecule has 100 valence electrons. The summed E-state index contributed by atoms with van der Waals surface area (Å²) in [5.74, 6) is 5.69. The summed E-state index contributed by atoms with van der Waals surface area (Å²) in [4.78, 5) is 4.00. The van der Waals surface area contributed by atoms with Crippen molar-refractivity contribution in [3.8, 4) is 0 Å². The number of hydrogen-bond acceptors (Lipinski definition) is 3. The topological polar surface area (TPSA) is 50.9 Å². The van der Waals surface area contributed by atoms with Crippen LogP contribution in [0.25, 0.3) is 0 Å². The van der Waals surface area contributed by atoms with E-state index in [0.29, 0.717) is 5.15 Å². The minimum absolute atomic E-state index is 0.0281. The Morgan fingerprint density at radius 3 is 2.53 bits per heavy atom. The van der Waals surface area contributed by atoms with Crippen molar-refractivity contribution < 1.29 is 0 Å². The van der Waals surface area contributed by atoms with Crippen LogP contribution in [-0.2, 0) is 6.42 Å². The van der Waals surface area contributed by atoms with Crippen LogP contribution in [0.1, 0.15) is 28.3 Å². The predicted octanol–water partition coefficient (Wildman–Crippen LogP) is 3.10.